The Balaban J connectivity index is 1.70. The summed E-state index contributed by atoms with van der Waals surface area (Å²) in [5.41, 5.74) is -1.69. The Morgan fingerprint density at radius 1 is 1.06 bits per heavy atom. The van der Waals surface area contributed by atoms with Gasteiger partial charge in [0.05, 0.1) is 31.2 Å². The predicted octanol–water partition coefficient (Wildman–Crippen LogP) is 5.08. The molecular formula is C40H56BrN3O8. The molecule has 2 N–H and O–H groups in total. The summed E-state index contributed by atoms with van der Waals surface area (Å²) in [5, 5.41) is 13.9. The van der Waals surface area contributed by atoms with E-state index in [4.69, 9.17) is 14.2 Å². The van der Waals surface area contributed by atoms with E-state index in [9.17, 15) is 14.7 Å². The molecule has 5 rings (SSSR count). The Hall–Kier alpha value is -3.06. The number of hydrogen-bond acceptors (Lipinski definition) is 8. The number of aliphatic hydroxyl groups is 1. The molecule has 5 bridgehead atoms. The van der Waals surface area contributed by atoms with Crippen LogP contribution in [0.2, 0.25) is 0 Å². The smallest absolute Gasteiger partial charge is 0.313 e. The zero-order valence-corrected chi connectivity index (χ0v) is 33.4. The molecule has 2 saturated heterocycles. The number of methoxy groups -OCH3 is 1. The summed E-state index contributed by atoms with van der Waals surface area (Å²) in [6, 6.07) is 6.52. The number of rotatable bonds is 9. The quantitative estimate of drug-likeness (QED) is 0.262. The molecule has 1 spiro atoms. The first-order valence-electron chi connectivity index (χ1n) is 18.5. The number of ether oxygens (including phenoxy) is 3. The number of carbonyl (C=O) groups is 4. The zero-order valence-electron chi connectivity index (χ0n) is 31.8. The zero-order chi connectivity index (χ0) is 38.2. The highest BCUT2D eigenvalue weighted by molar-refractivity contribution is 9.11. The van der Waals surface area contributed by atoms with E-state index < -0.39 is 65.2 Å². The first-order chi connectivity index (χ1) is 24.5. The number of esters is 1. The molecule has 3 amide bonds. The van der Waals surface area contributed by atoms with Crippen molar-refractivity contribution in [2.75, 3.05) is 26.9 Å². The summed E-state index contributed by atoms with van der Waals surface area (Å²) >= 11 is 3.65. The third-order valence-electron chi connectivity index (χ3n) is 11.1. The fourth-order valence-corrected chi connectivity index (χ4v) is 9.69. The number of benzene rings is 1. The van der Waals surface area contributed by atoms with Crippen LogP contribution in [0, 0.1) is 23.2 Å². The molecular weight excluding hydrogens is 730 g/mol. The molecule has 9 atom stereocenters. The van der Waals surface area contributed by atoms with Gasteiger partial charge >= 0.3 is 5.97 Å². The lowest BCUT2D eigenvalue weighted by Crippen LogP contribution is -2.63. The second-order valence-corrected chi connectivity index (χ2v) is 17.5. The molecule has 0 saturated carbocycles. The highest BCUT2D eigenvalue weighted by Crippen LogP contribution is 2.60. The number of halogens is 1. The summed E-state index contributed by atoms with van der Waals surface area (Å²) in [6.45, 7) is 14.3. The molecule has 4 heterocycles. The van der Waals surface area contributed by atoms with Crippen LogP contribution < -0.4 is 5.32 Å². The summed E-state index contributed by atoms with van der Waals surface area (Å²) < 4.78 is 19.2. The van der Waals surface area contributed by atoms with Gasteiger partial charge in [0.25, 0.3) is 0 Å². The molecule has 4 aliphatic rings. The van der Waals surface area contributed by atoms with Gasteiger partial charge in [-0.05, 0) is 49.7 Å². The van der Waals surface area contributed by atoms with Gasteiger partial charge in [-0.1, -0.05) is 99.5 Å². The van der Waals surface area contributed by atoms with Gasteiger partial charge in [0.2, 0.25) is 17.7 Å². The average molecular weight is 787 g/mol. The number of allylic oxidation sites excluding steroid dienone is 1. The highest BCUT2D eigenvalue weighted by Gasteiger charge is 2.76. The lowest BCUT2D eigenvalue weighted by atomic mass is 9.74. The van der Waals surface area contributed by atoms with Gasteiger partial charge in [0.15, 0.2) is 0 Å². The number of hydrogen-bond donors (Lipinski definition) is 2. The number of amides is 3. The normalized spacial score (nSPS) is 31.9. The van der Waals surface area contributed by atoms with Crippen LogP contribution in [-0.2, 0) is 33.4 Å². The summed E-state index contributed by atoms with van der Waals surface area (Å²) in [5.74, 6) is -4.05. The number of cyclic esters (lactones) is 1. The van der Waals surface area contributed by atoms with Crippen LogP contribution in [0.1, 0.15) is 85.8 Å². The maximum Gasteiger partial charge on any atom is 0.313 e. The van der Waals surface area contributed by atoms with Crippen molar-refractivity contribution in [3.63, 3.8) is 0 Å². The largest absolute Gasteiger partial charge is 0.455 e. The summed E-state index contributed by atoms with van der Waals surface area (Å²) in [7, 11) is 1.52. The standard InChI is InChI=1S/C40H56BrN3O8/c1-9-24(2)28(21-45)44-34-36(48)43(39(6,7)23-38(3,4)5)19-15-11-14-18-29(46)42-27(22-50-8)32(25-16-12-10-13-17-25)51-37(49)30-31(35(44)47)40(34)20-26(41)33(30)52-40/h10-13,15-17,20,24,27-28,30-34,45H,9,14,18-19,21-23H2,1-8H3,(H,42,46)/b15-11-/t24-,27+,28-,30-,31+,32+,33-,34-,40+/m0/s1. The number of nitrogens with zero attached hydrogens (tertiary/aromatic N) is 2. The molecule has 0 aromatic heterocycles. The molecule has 12 heteroatoms. The number of aliphatic hydroxyl groups excluding tert-OH is 1. The molecule has 52 heavy (non-hydrogen) atoms. The van der Waals surface area contributed by atoms with Crippen molar-refractivity contribution in [1.29, 1.82) is 0 Å². The second kappa shape index (κ2) is 15.7. The fourth-order valence-electron chi connectivity index (χ4n) is 8.96. The number of likely N-dealkylation sites (tertiary alicyclic amines) is 1. The van der Waals surface area contributed by atoms with Crippen LogP contribution in [0.5, 0.6) is 0 Å². The molecule has 11 nitrogen and oxygen atoms in total. The SMILES string of the molecule is CC[C@H](C)[C@H](CO)N1C(=O)[C@H]2[C@@H]3C(=O)O[C@H](c4ccccc4)[C@@H](COC)NC(=O)CC/C=C\CN(C(C)(C)CC(C)(C)C)C(=O)[C@H]1[C@@]21C=C(Br)[C@@H]3O1. The van der Waals surface area contributed by atoms with Crippen molar-refractivity contribution in [1.82, 2.24) is 15.1 Å². The van der Waals surface area contributed by atoms with Crippen molar-refractivity contribution >= 4 is 39.6 Å². The number of nitrogens with one attached hydrogen (secondary N) is 1. The third-order valence-corrected chi connectivity index (χ3v) is 11.8. The van der Waals surface area contributed by atoms with Crippen LogP contribution in [0.3, 0.4) is 0 Å². The van der Waals surface area contributed by atoms with Gasteiger partial charge in [-0.15, -0.1) is 0 Å². The minimum absolute atomic E-state index is 0.0597. The van der Waals surface area contributed by atoms with E-state index in [0.717, 1.165) is 0 Å². The van der Waals surface area contributed by atoms with Crippen LogP contribution in [0.25, 0.3) is 0 Å². The van der Waals surface area contributed by atoms with Crippen LogP contribution in [0.15, 0.2) is 53.0 Å². The van der Waals surface area contributed by atoms with Gasteiger partial charge in [-0.2, -0.15) is 0 Å². The minimum Gasteiger partial charge on any atom is -0.455 e. The Bertz CT molecular complexity index is 1560. The van der Waals surface area contributed by atoms with Gasteiger partial charge in [0.1, 0.15) is 29.8 Å². The van der Waals surface area contributed by atoms with Gasteiger partial charge in [0, 0.05) is 30.1 Å². The third kappa shape index (κ3) is 7.63. The maximum atomic E-state index is 15.4. The molecule has 0 radical (unpaired) electrons. The fraction of sp³-hybridized carbons (Fsp3) is 0.650. The molecule has 2 fully saturated rings. The van der Waals surface area contributed by atoms with Crippen molar-refractivity contribution in [2.24, 2.45) is 23.2 Å². The van der Waals surface area contributed by atoms with Gasteiger partial charge < -0.3 is 34.4 Å². The van der Waals surface area contributed by atoms with Crippen molar-refractivity contribution in [3.05, 3.63) is 58.6 Å². The van der Waals surface area contributed by atoms with E-state index >= 15 is 9.59 Å². The van der Waals surface area contributed by atoms with E-state index in [2.05, 4.69) is 42.0 Å². The lowest BCUT2D eigenvalue weighted by Gasteiger charge is -2.46. The van der Waals surface area contributed by atoms with E-state index in [1.807, 2.05) is 70.2 Å². The molecule has 1 aromatic rings. The van der Waals surface area contributed by atoms with Crippen LogP contribution in [0.4, 0.5) is 0 Å². The Labute approximate surface area is 316 Å². The van der Waals surface area contributed by atoms with Crippen molar-refractivity contribution < 1.29 is 38.5 Å². The first kappa shape index (κ1) is 40.1. The topological polar surface area (TPSA) is 135 Å². The summed E-state index contributed by atoms with van der Waals surface area (Å²) in [4.78, 5) is 61.8. The molecule has 1 aromatic carbocycles. The molecule has 0 aliphatic carbocycles. The van der Waals surface area contributed by atoms with Gasteiger partial charge in [-0.25, -0.2) is 0 Å². The maximum absolute atomic E-state index is 15.4. The van der Waals surface area contributed by atoms with E-state index in [-0.39, 0.29) is 49.3 Å². The van der Waals surface area contributed by atoms with Gasteiger partial charge in [-0.3, -0.25) is 19.2 Å². The van der Waals surface area contributed by atoms with Crippen LogP contribution in [-0.4, -0.2) is 101 Å². The Morgan fingerprint density at radius 3 is 2.37 bits per heavy atom. The number of fused-ring (bicyclic) bond motifs is 2. The molecule has 0 unspecified atom stereocenters. The number of carbonyl (C=O) groups excluding carboxylic acids is 4. The Morgan fingerprint density at radius 2 is 1.75 bits per heavy atom. The second-order valence-electron chi connectivity index (χ2n) is 16.6. The molecule has 286 valence electrons. The highest BCUT2D eigenvalue weighted by atomic mass is 79.9. The monoisotopic (exact) mass is 785 g/mol. The minimum atomic E-state index is -1.50. The summed E-state index contributed by atoms with van der Waals surface area (Å²) in [6.07, 6.45) is 5.63. The van der Waals surface area contributed by atoms with E-state index in [0.29, 0.717) is 29.3 Å². The van der Waals surface area contributed by atoms with E-state index in [1.54, 1.807) is 11.0 Å². The lowest BCUT2D eigenvalue weighted by molar-refractivity contribution is -0.163. The predicted molar refractivity (Wildman–Crippen MR) is 200 cm³/mol. The molecule has 4 aliphatic heterocycles. The van der Waals surface area contributed by atoms with E-state index in [1.165, 1.54) is 12.0 Å². The first-order valence-corrected chi connectivity index (χ1v) is 19.3. The van der Waals surface area contributed by atoms with Crippen molar-refractivity contribution in [2.45, 2.75) is 116 Å². The van der Waals surface area contributed by atoms with Crippen molar-refractivity contribution in [3.8, 4) is 0 Å². The average Bonchev–Trinajstić information content (AvgIpc) is 3.67. The van der Waals surface area contributed by atoms with Crippen LogP contribution >= 0.6 is 15.9 Å². The Kier molecular flexibility index (Phi) is 12.1.